The molecule has 0 aromatic heterocycles. The van der Waals surface area contributed by atoms with Crippen LogP contribution in [0, 0.1) is 11.8 Å². The van der Waals surface area contributed by atoms with Gasteiger partial charge in [0, 0.05) is 19.2 Å². The Kier molecular flexibility index (Phi) is 7.04. The Balaban J connectivity index is 4.46. The van der Waals surface area contributed by atoms with Crippen molar-refractivity contribution in [2.24, 2.45) is 11.8 Å². The molecule has 0 aromatic carbocycles. The van der Waals surface area contributed by atoms with Gasteiger partial charge in [-0.05, 0) is 25.2 Å². The lowest BCUT2D eigenvalue weighted by atomic mass is 9.94. The summed E-state index contributed by atoms with van der Waals surface area (Å²) in [7, 11) is -3.42. The first kappa shape index (κ1) is 17.9. The van der Waals surface area contributed by atoms with Crippen molar-refractivity contribution < 1.29 is 23.1 Å². The summed E-state index contributed by atoms with van der Waals surface area (Å²) < 4.78 is 22.4. The number of carboxylic acids is 1. The summed E-state index contributed by atoms with van der Waals surface area (Å²) in [6, 6.07) is 0. The van der Waals surface area contributed by atoms with E-state index in [-0.39, 0.29) is 18.9 Å². The van der Waals surface area contributed by atoms with Gasteiger partial charge in [0.25, 0.3) is 0 Å². The molecule has 2 N–H and O–H groups in total. The minimum absolute atomic E-state index is 0.0360. The van der Waals surface area contributed by atoms with Crippen LogP contribution in [0.25, 0.3) is 0 Å². The molecular formula is C12H23NO5S. The second-order valence-corrected chi connectivity index (χ2v) is 7.68. The van der Waals surface area contributed by atoms with Gasteiger partial charge in [-0.15, -0.1) is 0 Å². The predicted octanol–water partition coefficient (Wildman–Crippen LogP) is 0.673. The maximum Gasteiger partial charge on any atom is 0.303 e. The summed E-state index contributed by atoms with van der Waals surface area (Å²) in [5.41, 5.74) is 0. The first-order valence-electron chi connectivity index (χ1n) is 6.22. The molecule has 0 saturated carbocycles. The van der Waals surface area contributed by atoms with Crippen LogP contribution < -0.4 is 5.32 Å². The van der Waals surface area contributed by atoms with Crippen molar-refractivity contribution in [3.8, 4) is 0 Å². The molecule has 0 aromatic rings. The van der Waals surface area contributed by atoms with Gasteiger partial charge in [-0.3, -0.25) is 9.59 Å². The predicted molar refractivity (Wildman–Crippen MR) is 72.5 cm³/mol. The number of carboxylic acid groups (broad SMARTS) is 1. The summed E-state index contributed by atoms with van der Waals surface area (Å²) in [6.07, 6.45) is 1.63. The fraction of sp³-hybridized carbons (Fsp3) is 0.833. The van der Waals surface area contributed by atoms with Gasteiger partial charge in [-0.2, -0.15) is 0 Å². The minimum atomic E-state index is -3.42. The van der Waals surface area contributed by atoms with E-state index in [2.05, 4.69) is 5.32 Å². The van der Waals surface area contributed by atoms with E-state index in [0.29, 0.717) is 12.3 Å². The molecule has 7 heteroatoms. The molecule has 0 saturated heterocycles. The van der Waals surface area contributed by atoms with Crippen molar-refractivity contribution in [2.45, 2.75) is 38.9 Å². The molecule has 0 aliphatic carbocycles. The van der Waals surface area contributed by atoms with E-state index in [1.807, 2.05) is 13.8 Å². The number of nitrogens with one attached hydrogen (secondary N) is 1. The lowest BCUT2D eigenvalue weighted by Gasteiger charge is -2.19. The van der Waals surface area contributed by atoms with Crippen LogP contribution in [0.5, 0.6) is 0 Å². The molecule has 19 heavy (non-hydrogen) atoms. The molecule has 0 aliphatic rings. The Morgan fingerprint density at radius 2 is 1.74 bits per heavy atom. The average molecular weight is 293 g/mol. The Morgan fingerprint density at radius 3 is 2.11 bits per heavy atom. The van der Waals surface area contributed by atoms with Gasteiger partial charge in [0.1, 0.15) is 5.25 Å². The largest absolute Gasteiger partial charge is 0.481 e. The number of hydrogen-bond acceptors (Lipinski definition) is 4. The monoisotopic (exact) mass is 293 g/mol. The molecule has 2 unspecified atom stereocenters. The molecule has 0 aliphatic heterocycles. The molecule has 0 radical (unpaired) electrons. The highest BCUT2D eigenvalue weighted by Gasteiger charge is 2.24. The van der Waals surface area contributed by atoms with Gasteiger partial charge in [0.2, 0.25) is 5.91 Å². The molecule has 6 nitrogen and oxygen atoms in total. The normalized spacial score (nSPS) is 15.0. The Labute approximate surface area is 114 Å². The molecule has 1 amide bonds. The van der Waals surface area contributed by atoms with Crippen LogP contribution >= 0.6 is 0 Å². The van der Waals surface area contributed by atoms with Gasteiger partial charge in [-0.25, -0.2) is 8.42 Å². The maximum absolute atomic E-state index is 11.6. The van der Waals surface area contributed by atoms with E-state index in [1.165, 1.54) is 6.92 Å². The van der Waals surface area contributed by atoms with E-state index in [0.717, 1.165) is 6.26 Å². The molecule has 112 valence electrons. The van der Waals surface area contributed by atoms with Gasteiger partial charge in [-0.1, -0.05) is 13.8 Å². The van der Waals surface area contributed by atoms with Crippen molar-refractivity contribution in [1.29, 1.82) is 0 Å². The summed E-state index contributed by atoms with van der Waals surface area (Å²) in [4.78, 5) is 22.3. The fourth-order valence-electron chi connectivity index (χ4n) is 1.74. The summed E-state index contributed by atoms with van der Waals surface area (Å²) in [6.45, 7) is 5.44. The van der Waals surface area contributed by atoms with Gasteiger partial charge >= 0.3 is 5.97 Å². The van der Waals surface area contributed by atoms with E-state index < -0.39 is 27.0 Å². The summed E-state index contributed by atoms with van der Waals surface area (Å²) >= 11 is 0. The van der Waals surface area contributed by atoms with Crippen LogP contribution in [0.2, 0.25) is 0 Å². The van der Waals surface area contributed by atoms with Crippen molar-refractivity contribution in [2.75, 3.05) is 12.8 Å². The lowest BCUT2D eigenvalue weighted by Crippen LogP contribution is -2.40. The second kappa shape index (κ2) is 7.47. The van der Waals surface area contributed by atoms with Gasteiger partial charge in [0.05, 0.1) is 0 Å². The molecule has 0 spiro atoms. The van der Waals surface area contributed by atoms with Crippen LogP contribution in [0.15, 0.2) is 0 Å². The Morgan fingerprint density at radius 1 is 1.21 bits per heavy atom. The highest BCUT2D eigenvalue weighted by Crippen LogP contribution is 2.15. The van der Waals surface area contributed by atoms with Crippen molar-refractivity contribution in [3.05, 3.63) is 0 Å². The zero-order valence-electron chi connectivity index (χ0n) is 11.8. The highest BCUT2D eigenvalue weighted by atomic mass is 32.2. The zero-order chi connectivity index (χ0) is 15.2. The first-order valence-corrected chi connectivity index (χ1v) is 8.17. The van der Waals surface area contributed by atoms with Crippen molar-refractivity contribution >= 4 is 21.7 Å². The first-order chi connectivity index (χ1) is 8.54. The van der Waals surface area contributed by atoms with Crippen molar-refractivity contribution in [3.63, 3.8) is 0 Å². The van der Waals surface area contributed by atoms with Crippen LogP contribution in [-0.2, 0) is 19.4 Å². The molecule has 2 atom stereocenters. The van der Waals surface area contributed by atoms with E-state index in [4.69, 9.17) is 5.11 Å². The quantitative estimate of drug-likeness (QED) is 0.685. The van der Waals surface area contributed by atoms with Crippen LogP contribution in [0.4, 0.5) is 0 Å². The number of aliphatic carboxylic acids is 1. The average Bonchev–Trinajstić information content (AvgIpc) is 2.21. The van der Waals surface area contributed by atoms with Gasteiger partial charge < -0.3 is 10.4 Å². The summed E-state index contributed by atoms with van der Waals surface area (Å²) in [5.74, 6) is -1.38. The molecule has 0 rings (SSSR count). The number of hydrogen-bond donors (Lipinski definition) is 2. The van der Waals surface area contributed by atoms with Gasteiger partial charge in [0.15, 0.2) is 9.84 Å². The number of carbonyl (C=O) groups is 2. The van der Waals surface area contributed by atoms with Crippen LogP contribution in [0.1, 0.15) is 33.6 Å². The third-order valence-corrected chi connectivity index (χ3v) is 4.34. The summed E-state index contributed by atoms with van der Waals surface area (Å²) in [5, 5.41) is 10.2. The highest BCUT2D eigenvalue weighted by molar-refractivity contribution is 7.92. The number of rotatable bonds is 8. The number of carbonyl (C=O) groups excluding carboxylic acids is 1. The second-order valence-electron chi connectivity index (χ2n) is 5.31. The van der Waals surface area contributed by atoms with E-state index >= 15 is 0 Å². The van der Waals surface area contributed by atoms with E-state index in [1.54, 1.807) is 0 Å². The molecule has 0 heterocycles. The Hall–Kier alpha value is -1.11. The standard InChI is InChI=1S/C12H23NO5S/c1-8(2)5-10(6-11(14)15)7-13-12(16)9(3)19(4,17)18/h8-10H,5-7H2,1-4H3,(H,13,16)(H,14,15). The lowest BCUT2D eigenvalue weighted by molar-refractivity contribution is -0.138. The van der Waals surface area contributed by atoms with Crippen LogP contribution in [0.3, 0.4) is 0 Å². The molecule has 0 fully saturated rings. The SMILES string of the molecule is CC(C)CC(CNC(=O)C(C)S(C)(=O)=O)CC(=O)O. The van der Waals surface area contributed by atoms with E-state index in [9.17, 15) is 18.0 Å². The Bertz CT molecular complexity index is 416. The van der Waals surface area contributed by atoms with Crippen molar-refractivity contribution in [1.82, 2.24) is 5.32 Å². The van der Waals surface area contributed by atoms with Crippen LogP contribution in [-0.4, -0.2) is 43.5 Å². The maximum atomic E-state index is 11.6. The molecular weight excluding hydrogens is 270 g/mol. The minimum Gasteiger partial charge on any atom is -0.481 e. The third-order valence-electron chi connectivity index (χ3n) is 2.84. The smallest absolute Gasteiger partial charge is 0.303 e. The number of sulfone groups is 1. The number of amides is 1. The topological polar surface area (TPSA) is 101 Å². The fourth-order valence-corrected chi connectivity index (χ4v) is 2.21. The molecule has 0 bridgehead atoms. The third kappa shape index (κ3) is 7.81. The zero-order valence-corrected chi connectivity index (χ0v) is 12.7.